The highest BCUT2D eigenvalue weighted by Crippen LogP contribution is 2.48. The molecule has 1 aromatic heterocycles. The predicted molar refractivity (Wildman–Crippen MR) is 362 cm³/mol. The molecule has 0 bridgehead atoms. The topological polar surface area (TPSA) is 182 Å². The first-order valence-electron chi connectivity index (χ1n) is 33.9. The van der Waals surface area contributed by atoms with Crippen molar-refractivity contribution in [3.8, 4) is 11.1 Å². The summed E-state index contributed by atoms with van der Waals surface area (Å²) in [7, 11) is 5.36. The van der Waals surface area contributed by atoms with Gasteiger partial charge in [-0.1, -0.05) is 98.3 Å². The average Bonchev–Trinajstić information content (AvgIpc) is 1.61. The van der Waals surface area contributed by atoms with E-state index in [4.69, 9.17) is 14.2 Å². The molecule has 1 aliphatic carbocycles. The smallest absolute Gasteiger partial charge is 0.416 e. The lowest BCUT2D eigenvalue weighted by Gasteiger charge is -2.44. The second kappa shape index (κ2) is 34.0. The van der Waals surface area contributed by atoms with E-state index in [9.17, 15) is 54.7 Å². The van der Waals surface area contributed by atoms with E-state index in [2.05, 4.69) is 42.8 Å². The van der Waals surface area contributed by atoms with E-state index in [1.807, 2.05) is 92.5 Å². The summed E-state index contributed by atoms with van der Waals surface area (Å²) in [5.74, 6) is -0.978. The van der Waals surface area contributed by atoms with Crippen LogP contribution in [0.25, 0.3) is 11.1 Å². The molecule has 18 nitrogen and oxygen atoms in total. The third-order valence-corrected chi connectivity index (χ3v) is 19.3. The normalized spacial score (nSPS) is 17.9. The lowest BCUT2D eigenvalue weighted by Crippen LogP contribution is -2.50. The van der Waals surface area contributed by atoms with Gasteiger partial charge in [-0.15, -0.1) is 10.2 Å². The monoisotopic (exact) mass is 1380 g/mol. The third kappa shape index (κ3) is 19.7. The summed E-state index contributed by atoms with van der Waals surface area (Å²) in [6, 6.07) is 35.7. The van der Waals surface area contributed by atoms with Gasteiger partial charge >= 0.3 is 18.4 Å². The summed E-state index contributed by atoms with van der Waals surface area (Å²) in [5.41, 5.74) is 0.556. The molecule has 3 aliphatic heterocycles. The molecule has 99 heavy (non-hydrogen) atoms. The van der Waals surface area contributed by atoms with Crippen molar-refractivity contribution in [2.24, 2.45) is 0 Å². The molecule has 4 aliphatic rings. The maximum absolute atomic E-state index is 14.0. The lowest BCUT2D eigenvalue weighted by atomic mass is 9.72. The molecule has 2 N–H and O–H groups in total. The Kier molecular flexibility index (Phi) is 25.7. The van der Waals surface area contributed by atoms with Crippen LogP contribution in [0.3, 0.4) is 0 Å². The summed E-state index contributed by atoms with van der Waals surface area (Å²) in [5, 5.41) is 14.3. The first kappa shape index (κ1) is 74.7. The minimum absolute atomic E-state index is 0.00855. The van der Waals surface area contributed by atoms with E-state index in [0.29, 0.717) is 87.7 Å². The van der Waals surface area contributed by atoms with Crippen molar-refractivity contribution in [1.82, 2.24) is 39.6 Å². The SMILES string of the molecule is CCCN(C)C(=O)CO[C@H]1Cc2ccccc2C12CCN(CC[C@@]1(c3ccc(F)cc3)CN(C(=O)c3cc(C(F)(F)F)cc(C(F)(F)F)c3)CO1)CC2.CCN(C)C(=O)c1ccc(NCCCCCC(=O)N(C)CCN2CCC(OC(=O)Nc3ccccc3-c3ccccc3)CC2)nn1. The van der Waals surface area contributed by atoms with Crippen molar-refractivity contribution in [1.29, 1.82) is 0 Å². The average molecular weight is 1380 g/mol. The van der Waals surface area contributed by atoms with E-state index in [-0.39, 0.29) is 61.3 Å². The summed E-state index contributed by atoms with van der Waals surface area (Å²) < 4.78 is 114. The number of ether oxygens (including phenoxy) is 3. The Morgan fingerprint density at radius 1 is 0.697 bits per heavy atom. The van der Waals surface area contributed by atoms with Crippen LogP contribution in [0.15, 0.2) is 133 Å². The van der Waals surface area contributed by atoms with Crippen molar-refractivity contribution in [2.75, 3.05) is 117 Å². The number of likely N-dealkylation sites (tertiary alicyclic amines) is 2. The number of fused-ring (bicyclic) bond motifs is 2. The summed E-state index contributed by atoms with van der Waals surface area (Å²) >= 11 is 0. The molecular formula is C74H89F7N10O8. The van der Waals surface area contributed by atoms with Crippen molar-refractivity contribution < 1.29 is 68.9 Å². The third-order valence-electron chi connectivity index (χ3n) is 19.3. The number of para-hydroxylation sites is 1. The fraction of sp³-hybridized carbons (Fsp3) is 0.473. The molecule has 4 heterocycles. The number of nitrogens with zero attached hydrogens (tertiary/aromatic N) is 8. The van der Waals surface area contributed by atoms with Gasteiger partial charge in [0.1, 0.15) is 36.7 Å². The fourth-order valence-electron chi connectivity index (χ4n) is 13.3. The Hall–Kier alpha value is -8.52. The minimum atomic E-state index is -5.11. The van der Waals surface area contributed by atoms with Gasteiger partial charge in [-0.3, -0.25) is 24.5 Å². The molecule has 6 aromatic rings. The number of carbonyl (C=O) groups excluding carboxylic acids is 5. The Morgan fingerprint density at radius 2 is 1.35 bits per heavy atom. The van der Waals surface area contributed by atoms with Gasteiger partial charge in [0.25, 0.3) is 11.8 Å². The molecule has 5 aromatic carbocycles. The molecule has 0 radical (unpaired) electrons. The van der Waals surface area contributed by atoms with Gasteiger partial charge in [0, 0.05) is 96.5 Å². The van der Waals surface area contributed by atoms with Crippen LogP contribution in [0.2, 0.25) is 0 Å². The van der Waals surface area contributed by atoms with Gasteiger partial charge in [-0.2, -0.15) is 26.3 Å². The minimum Gasteiger partial charge on any atom is -0.446 e. The lowest BCUT2D eigenvalue weighted by molar-refractivity contribution is -0.143. The van der Waals surface area contributed by atoms with Gasteiger partial charge in [0.05, 0.1) is 29.5 Å². The quantitative estimate of drug-likeness (QED) is 0.0408. The Morgan fingerprint density at radius 3 is 2.02 bits per heavy atom. The molecule has 3 saturated heterocycles. The Balaban J connectivity index is 0.000000234. The van der Waals surface area contributed by atoms with Crippen LogP contribution in [-0.2, 0) is 53.6 Å². The van der Waals surface area contributed by atoms with E-state index < -0.39 is 52.5 Å². The zero-order chi connectivity index (χ0) is 70.9. The molecular weight excluding hydrogens is 1290 g/mol. The van der Waals surface area contributed by atoms with E-state index >= 15 is 0 Å². The Bertz CT molecular complexity index is 3630. The largest absolute Gasteiger partial charge is 0.446 e. The summed E-state index contributed by atoms with van der Waals surface area (Å²) in [4.78, 5) is 74.5. The predicted octanol–water partition coefficient (Wildman–Crippen LogP) is 12.8. The number of likely N-dealkylation sites (N-methyl/N-ethyl adjacent to an activating group) is 2. The molecule has 0 saturated carbocycles. The zero-order valence-electron chi connectivity index (χ0n) is 56.8. The standard InChI is InChI=1S/C39H42F7N3O4.C35H47N7O4/c1-3-15-47(2)34(50)23-52-33-21-26-6-4-5-7-32(26)36(33)12-16-48(17-13-36)18-14-37(28-8-10-31(40)11-9-28)24-49(25-53-37)35(51)27-19-29(38(41,42)43)22-30(20-27)39(44,45)46;1-4-40(2)34(44)31-18-19-32(39-38-31)36-22-12-6-9-17-33(43)41(3)25-26-42-23-20-28(21-24-42)46-35(45)37-30-16-11-10-15-29(30)27-13-7-5-8-14-27/h4-11,19-20,22,33H,3,12-18,21,23-25H2,1-2H3;5,7-8,10-11,13-16,18-19,28H,4,6,9,12,17,20-26H2,1-3H3,(H,36,39)(H,37,45)/t33-,37-;/m0./s1. The van der Waals surface area contributed by atoms with Crippen molar-refractivity contribution in [2.45, 2.75) is 120 Å². The number of hydrogen-bond acceptors (Lipinski definition) is 13. The second-order valence-corrected chi connectivity index (χ2v) is 26.0. The molecule has 25 heteroatoms. The molecule has 3 fully saturated rings. The highest BCUT2D eigenvalue weighted by molar-refractivity contribution is 5.95. The number of unbranched alkanes of at least 4 members (excludes halogenated alkanes) is 2. The fourth-order valence-corrected chi connectivity index (χ4v) is 13.3. The number of nitrogens with one attached hydrogen (secondary N) is 2. The number of benzene rings is 5. The first-order valence-corrected chi connectivity index (χ1v) is 33.9. The van der Waals surface area contributed by atoms with Crippen LogP contribution in [-0.4, -0.2) is 188 Å². The molecule has 1 spiro atoms. The van der Waals surface area contributed by atoms with Crippen LogP contribution in [0.1, 0.15) is 127 Å². The van der Waals surface area contributed by atoms with Crippen molar-refractivity contribution in [3.05, 3.63) is 178 Å². The molecule has 532 valence electrons. The van der Waals surface area contributed by atoms with E-state index in [1.54, 1.807) is 36.0 Å². The summed E-state index contributed by atoms with van der Waals surface area (Å²) in [6.07, 6.45) is -2.90. The number of hydrogen-bond donors (Lipinski definition) is 2. The number of piperidine rings is 2. The van der Waals surface area contributed by atoms with Gasteiger partial charge < -0.3 is 48.9 Å². The molecule has 0 unspecified atom stereocenters. The maximum atomic E-state index is 14.0. The van der Waals surface area contributed by atoms with E-state index in [1.165, 1.54) is 35.4 Å². The van der Waals surface area contributed by atoms with Gasteiger partial charge in [0.15, 0.2) is 5.69 Å². The van der Waals surface area contributed by atoms with Crippen molar-refractivity contribution in [3.63, 3.8) is 0 Å². The van der Waals surface area contributed by atoms with Crippen LogP contribution in [0.4, 0.5) is 47.0 Å². The number of rotatable bonds is 25. The van der Waals surface area contributed by atoms with Crippen LogP contribution in [0.5, 0.6) is 0 Å². The summed E-state index contributed by atoms with van der Waals surface area (Å²) in [6.45, 7) is 10.3. The van der Waals surface area contributed by atoms with Gasteiger partial charge in [-0.25, -0.2) is 9.18 Å². The van der Waals surface area contributed by atoms with Gasteiger partial charge in [0.2, 0.25) is 11.8 Å². The zero-order valence-corrected chi connectivity index (χ0v) is 56.8. The maximum Gasteiger partial charge on any atom is 0.416 e. The van der Waals surface area contributed by atoms with Gasteiger partial charge in [-0.05, 0) is 149 Å². The van der Waals surface area contributed by atoms with Crippen LogP contribution in [0, 0.1) is 5.82 Å². The molecule has 2 atom stereocenters. The van der Waals surface area contributed by atoms with Crippen LogP contribution >= 0.6 is 0 Å². The number of alkyl halides is 6. The first-order chi connectivity index (χ1) is 47.4. The highest BCUT2D eigenvalue weighted by Gasteiger charge is 2.50. The second-order valence-electron chi connectivity index (χ2n) is 26.0. The van der Waals surface area contributed by atoms with Crippen molar-refractivity contribution >= 4 is 41.2 Å². The van der Waals surface area contributed by atoms with Crippen LogP contribution < -0.4 is 10.6 Å². The molecule has 5 amide bonds. The van der Waals surface area contributed by atoms with E-state index in [0.717, 1.165) is 99.3 Å². The number of amides is 5. The number of aromatic nitrogens is 2. The number of carbonyl (C=O) groups is 5. The molecule has 10 rings (SSSR count). The number of halogens is 7. The Labute approximate surface area is 574 Å². The highest BCUT2D eigenvalue weighted by atomic mass is 19.4. The number of anilines is 2.